The molecule has 10 aromatic rings. The van der Waals surface area contributed by atoms with Gasteiger partial charge in [0.25, 0.3) is 0 Å². The summed E-state index contributed by atoms with van der Waals surface area (Å²) in [6, 6.07) is 68.1. The van der Waals surface area contributed by atoms with Crippen molar-refractivity contribution in [2.45, 2.75) is 5.41 Å². The van der Waals surface area contributed by atoms with Crippen LogP contribution in [0.3, 0.4) is 0 Å². The Morgan fingerprint density at radius 3 is 1.70 bits per heavy atom. The monoisotopic (exact) mass is 728 g/mol. The number of ether oxygens (including phenoxy) is 1. The second kappa shape index (κ2) is 12.2. The molecule has 2 aromatic heterocycles. The SMILES string of the molecule is c1ccc(-c2cc(-c3ccc(-c4cccc5c4oc4ccccc45)cc3)nc(-c3cccc4c3Oc3ccccc3C43c4ccccc4-c4ccccc43)n2)cc1. The minimum Gasteiger partial charge on any atom is -0.456 e. The van der Waals surface area contributed by atoms with E-state index in [0.29, 0.717) is 5.82 Å². The van der Waals surface area contributed by atoms with Gasteiger partial charge in [0.15, 0.2) is 5.82 Å². The molecule has 0 bridgehead atoms. The van der Waals surface area contributed by atoms with Crippen LogP contribution in [-0.2, 0) is 5.41 Å². The molecular formula is C53H32N2O2. The Balaban J connectivity index is 1.05. The van der Waals surface area contributed by atoms with Crippen LogP contribution >= 0.6 is 0 Å². The third-order valence-corrected chi connectivity index (χ3v) is 11.8. The molecule has 57 heavy (non-hydrogen) atoms. The van der Waals surface area contributed by atoms with Gasteiger partial charge in [-0.25, -0.2) is 9.97 Å². The van der Waals surface area contributed by atoms with Crippen LogP contribution in [0.25, 0.3) is 78.1 Å². The van der Waals surface area contributed by atoms with E-state index in [1.54, 1.807) is 0 Å². The second-order valence-electron chi connectivity index (χ2n) is 14.8. The molecule has 0 saturated carbocycles. The molecule has 4 nitrogen and oxygen atoms in total. The van der Waals surface area contributed by atoms with Gasteiger partial charge in [0.2, 0.25) is 0 Å². The maximum atomic E-state index is 7.00. The summed E-state index contributed by atoms with van der Waals surface area (Å²) in [7, 11) is 0. The lowest BCUT2D eigenvalue weighted by atomic mass is 9.66. The van der Waals surface area contributed by atoms with E-state index in [0.717, 1.165) is 83.8 Å². The van der Waals surface area contributed by atoms with Gasteiger partial charge in [0.1, 0.15) is 22.7 Å². The molecule has 1 spiro atoms. The van der Waals surface area contributed by atoms with Crippen LogP contribution in [0, 0.1) is 0 Å². The van der Waals surface area contributed by atoms with Crippen molar-refractivity contribution in [3.05, 3.63) is 216 Å². The van der Waals surface area contributed by atoms with E-state index in [9.17, 15) is 0 Å². The van der Waals surface area contributed by atoms with E-state index < -0.39 is 5.41 Å². The van der Waals surface area contributed by atoms with E-state index in [2.05, 4.69) is 164 Å². The average Bonchev–Trinajstić information content (AvgIpc) is 3.81. The first-order valence-electron chi connectivity index (χ1n) is 19.3. The number of hydrogen-bond donors (Lipinski definition) is 0. The first kappa shape index (κ1) is 31.8. The molecule has 266 valence electrons. The van der Waals surface area contributed by atoms with Gasteiger partial charge in [-0.3, -0.25) is 0 Å². The fourth-order valence-electron chi connectivity index (χ4n) is 9.32. The first-order chi connectivity index (χ1) is 28.3. The zero-order valence-corrected chi connectivity index (χ0v) is 30.7. The summed E-state index contributed by atoms with van der Waals surface area (Å²) in [5.41, 5.74) is 15.0. The van der Waals surface area contributed by atoms with Crippen molar-refractivity contribution in [2.24, 2.45) is 0 Å². The highest BCUT2D eigenvalue weighted by molar-refractivity contribution is 6.09. The largest absolute Gasteiger partial charge is 0.456 e. The predicted octanol–water partition coefficient (Wildman–Crippen LogP) is 13.5. The first-order valence-corrected chi connectivity index (χ1v) is 19.3. The fourth-order valence-corrected chi connectivity index (χ4v) is 9.32. The highest BCUT2D eigenvalue weighted by Crippen LogP contribution is 2.63. The van der Waals surface area contributed by atoms with Crippen LogP contribution in [0.2, 0.25) is 0 Å². The number of furan rings is 1. The lowest BCUT2D eigenvalue weighted by molar-refractivity contribution is 0.437. The Hall–Kier alpha value is -7.56. The lowest BCUT2D eigenvalue weighted by Crippen LogP contribution is -2.32. The maximum absolute atomic E-state index is 7.00. The molecule has 2 aliphatic rings. The molecule has 0 radical (unpaired) electrons. The number of aromatic nitrogens is 2. The Morgan fingerprint density at radius 2 is 0.930 bits per heavy atom. The highest BCUT2D eigenvalue weighted by Gasteiger charge is 2.51. The molecule has 0 saturated heterocycles. The zero-order chi connectivity index (χ0) is 37.5. The van der Waals surface area contributed by atoms with Crippen LogP contribution in [0.1, 0.15) is 22.3 Å². The van der Waals surface area contributed by atoms with E-state index in [1.165, 1.54) is 22.3 Å². The van der Waals surface area contributed by atoms with Gasteiger partial charge in [-0.1, -0.05) is 170 Å². The van der Waals surface area contributed by atoms with E-state index in [1.807, 2.05) is 30.3 Å². The summed E-state index contributed by atoms with van der Waals surface area (Å²) >= 11 is 0. The summed E-state index contributed by atoms with van der Waals surface area (Å²) in [6.07, 6.45) is 0. The standard InChI is InChI=1S/C53H32N2O2/c1-2-14-34(15-3-1)46-32-47(35-30-28-33(29-31-35)36-19-12-20-40-39-18-6-10-26-48(39)56-50(36)40)55-52(54-46)41-21-13-25-45-51(41)57-49-27-11-9-24-44(49)53(45)42-22-7-4-16-37(42)38-17-5-8-23-43(38)53/h1-32H. The van der Waals surface area contributed by atoms with Gasteiger partial charge in [-0.2, -0.15) is 0 Å². The van der Waals surface area contributed by atoms with E-state index in [4.69, 9.17) is 19.1 Å². The topological polar surface area (TPSA) is 48.2 Å². The Labute approximate surface area is 329 Å². The summed E-state index contributed by atoms with van der Waals surface area (Å²) in [6.45, 7) is 0. The third-order valence-electron chi connectivity index (χ3n) is 11.8. The molecule has 4 heteroatoms. The number of benzene rings is 8. The van der Waals surface area contributed by atoms with E-state index >= 15 is 0 Å². The van der Waals surface area contributed by atoms with Crippen LogP contribution in [0.5, 0.6) is 11.5 Å². The van der Waals surface area contributed by atoms with E-state index in [-0.39, 0.29) is 0 Å². The third kappa shape index (κ3) is 4.62. The molecule has 12 rings (SSSR count). The van der Waals surface area contributed by atoms with Gasteiger partial charge >= 0.3 is 0 Å². The number of fused-ring (bicyclic) bond motifs is 12. The van der Waals surface area contributed by atoms with Crippen molar-refractivity contribution in [1.29, 1.82) is 0 Å². The van der Waals surface area contributed by atoms with Gasteiger partial charge < -0.3 is 9.15 Å². The summed E-state index contributed by atoms with van der Waals surface area (Å²) in [5, 5.41) is 2.23. The van der Waals surface area contributed by atoms with Crippen LogP contribution in [0.15, 0.2) is 199 Å². The van der Waals surface area contributed by atoms with Crippen molar-refractivity contribution in [2.75, 3.05) is 0 Å². The molecule has 0 N–H and O–H groups in total. The quantitative estimate of drug-likeness (QED) is 0.181. The summed E-state index contributed by atoms with van der Waals surface area (Å²) < 4.78 is 13.4. The Kier molecular flexibility index (Phi) is 6.81. The van der Waals surface area contributed by atoms with Gasteiger partial charge in [0.05, 0.1) is 22.4 Å². The molecule has 1 aliphatic carbocycles. The smallest absolute Gasteiger partial charge is 0.164 e. The molecule has 0 fully saturated rings. The predicted molar refractivity (Wildman–Crippen MR) is 228 cm³/mol. The fraction of sp³-hybridized carbons (Fsp3) is 0.0189. The molecule has 0 unspecified atom stereocenters. The number of rotatable bonds is 4. The van der Waals surface area contributed by atoms with Gasteiger partial charge in [-0.15, -0.1) is 0 Å². The maximum Gasteiger partial charge on any atom is 0.164 e. The minimum atomic E-state index is -0.578. The van der Waals surface area contributed by atoms with Crippen molar-refractivity contribution >= 4 is 21.9 Å². The number of nitrogens with zero attached hydrogens (tertiary/aromatic N) is 2. The number of para-hydroxylation sites is 4. The Bertz CT molecular complexity index is 3170. The molecule has 0 atom stereocenters. The zero-order valence-electron chi connectivity index (χ0n) is 30.7. The Morgan fingerprint density at radius 1 is 0.386 bits per heavy atom. The highest BCUT2D eigenvalue weighted by atomic mass is 16.5. The second-order valence-corrected chi connectivity index (χ2v) is 14.8. The molecular weight excluding hydrogens is 697 g/mol. The minimum absolute atomic E-state index is 0.578. The van der Waals surface area contributed by atoms with Crippen LogP contribution < -0.4 is 4.74 Å². The van der Waals surface area contributed by atoms with Crippen molar-refractivity contribution < 1.29 is 9.15 Å². The molecule has 8 aromatic carbocycles. The van der Waals surface area contributed by atoms with Crippen molar-refractivity contribution in [3.63, 3.8) is 0 Å². The molecule has 3 heterocycles. The summed E-state index contributed by atoms with van der Waals surface area (Å²) in [5.74, 6) is 2.21. The van der Waals surface area contributed by atoms with Crippen LogP contribution in [-0.4, -0.2) is 9.97 Å². The normalized spacial score (nSPS) is 13.2. The van der Waals surface area contributed by atoms with Gasteiger partial charge in [0, 0.05) is 38.6 Å². The summed E-state index contributed by atoms with van der Waals surface area (Å²) in [4.78, 5) is 10.6. The van der Waals surface area contributed by atoms with Gasteiger partial charge in [-0.05, 0) is 52.1 Å². The van der Waals surface area contributed by atoms with Crippen molar-refractivity contribution in [1.82, 2.24) is 9.97 Å². The molecule has 0 amide bonds. The average molecular weight is 729 g/mol. The molecule has 1 aliphatic heterocycles. The van der Waals surface area contributed by atoms with Crippen molar-refractivity contribution in [3.8, 4) is 67.7 Å². The van der Waals surface area contributed by atoms with Crippen LogP contribution in [0.4, 0.5) is 0 Å². The number of hydrogen-bond acceptors (Lipinski definition) is 4. The lowest BCUT2D eigenvalue weighted by Gasteiger charge is -2.39.